The third-order valence-electron chi connectivity index (χ3n) is 2.55. The van der Waals surface area contributed by atoms with Crippen molar-refractivity contribution in [1.29, 1.82) is 0 Å². The van der Waals surface area contributed by atoms with Crippen LogP contribution in [0.4, 0.5) is 13.2 Å². The van der Waals surface area contributed by atoms with Gasteiger partial charge in [0.1, 0.15) is 17.5 Å². The second-order valence-corrected chi connectivity index (χ2v) is 5.91. The Hall–Kier alpha value is -1.82. The molecule has 0 atom stereocenters. The number of hydrogen-bond acceptors (Lipinski definition) is 2. The third-order valence-corrected chi connectivity index (χ3v) is 4.19. The van der Waals surface area contributed by atoms with Crippen molar-refractivity contribution in [3.63, 3.8) is 0 Å². The first-order valence-corrected chi connectivity index (χ1v) is 6.96. The van der Waals surface area contributed by atoms with Crippen LogP contribution in [0.5, 0.6) is 0 Å². The molecule has 0 heterocycles. The van der Waals surface area contributed by atoms with E-state index in [1.54, 1.807) is 0 Å². The van der Waals surface area contributed by atoms with Gasteiger partial charge < -0.3 is 0 Å². The molecule has 2 rings (SSSR count). The van der Waals surface area contributed by atoms with Crippen molar-refractivity contribution in [1.82, 2.24) is 0 Å². The predicted molar refractivity (Wildman–Crippen MR) is 63.6 cm³/mol. The van der Waals surface area contributed by atoms with Gasteiger partial charge in [-0.3, -0.25) is 0 Å². The molecule has 0 N–H and O–H groups in total. The summed E-state index contributed by atoms with van der Waals surface area (Å²) in [6.45, 7) is 0. The predicted octanol–water partition coefficient (Wildman–Crippen LogP) is 3.08. The molecule has 0 amide bonds. The van der Waals surface area contributed by atoms with Crippen LogP contribution >= 0.6 is 0 Å². The fraction of sp³-hybridized carbons (Fsp3) is 0.0769. The maximum atomic E-state index is 13.4. The Morgan fingerprint density at radius 3 is 2.05 bits per heavy atom. The molecular formula is C13H9F3O2S. The zero-order valence-corrected chi connectivity index (χ0v) is 10.4. The van der Waals surface area contributed by atoms with Crippen LogP contribution in [0, 0.1) is 17.5 Å². The lowest BCUT2D eigenvalue weighted by Gasteiger charge is -2.07. The highest BCUT2D eigenvalue weighted by atomic mass is 32.2. The molecule has 0 aliphatic heterocycles. The molecular weight excluding hydrogens is 277 g/mol. The minimum atomic E-state index is -4.00. The lowest BCUT2D eigenvalue weighted by atomic mass is 10.2. The molecule has 0 saturated carbocycles. The van der Waals surface area contributed by atoms with Crippen LogP contribution in [0.1, 0.15) is 5.56 Å². The molecule has 0 radical (unpaired) electrons. The van der Waals surface area contributed by atoms with Crippen LogP contribution in [-0.2, 0) is 15.6 Å². The van der Waals surface area contributed by atoms with Crippen LogP contribution in [0.3, 0.4) is 0 Å². The minimum Gasteiger partial charge on any atom is -0.223 e. The zero-order chi connectivity index (χ0) is 14.0. The maximum Gasteiger partial charge on any atom is 0.182 e. The summed E-state index contributed by atoms with van der Waals surface area (Å²) in [5.41, 5.74) is -0.549. The molecule has 0 fully saturated rings. The second kappa shape index (κ2) is 5.05. The number of rotatable bonds is 3. The average Bonchev–Trinajstić information content (AvgIpc) is 2.34. The van der Waals surface area contributed by atoms with E-state index in [2.05, 4.69) is 0 Å². The normalized spacial score (nSPS) is 11.5. The van der Waals surface area contributed by atoms with Gasteiger partial charge in [0.25, 0.3) is 0 Å². The number of benzene rings is 2. The van der Waals surface area contributed by atoms with Crippen molar-refractivity contribution < 1.29 is 21.6 Å². The summed E-state index contributed by atoms with van der Waals surface area (Å²) in [6, 6.07) is 7.38. The molecule has 0 unspecified atom stereocenters. The summed E-state index contributed by atoms with van der Waals surface area (Å²) < 4.78 is 63.7. The van der Waals surface area contributed by atoms with Crippen LogP contribution in [0.25, 0.3) is 0 Å². The Morgan fingerprint density at radius 2 is 1.47 bits per heavy atom. The van der Waals surface area contributed by atoms with E-state index in [4.69, 9.17) is 0 Å². The Bertz CT molecular complexity index is 691. The molecule has 6 heteroatoms. The molecule has 19 heavy (non-hydrogen) atoms. The Labute approximate surface area is 108 Å². The van der Waals surface area contributed by atoms with E-state index in [1.807, 2.05) is 0 Å². The molecule has 0 aliphatic carbocycles. The van der Waals surface area contributed by atoms with E-state index in [0.717, 1.165) is 30.3 Å². The van der Waals surface area contributed by atoms with Gasteiger partial charge in [0.15, 0.2) is 9.84 Å². The molecule has 100 valence electrons. The number of halogens is 3. The summed E-state index contributed by atoms with van der Waals surface area (Å²) >= 11 is 0. The molecule has 0 bridgehead atoms. The molecule has 0 spiro atoms. The van der Waals surface area contributed by atoms with E-state index in [1.165, 1.54) is 12.1 Å². The van der Waals surface area contributed by atoms with Crippen LogP contribution in [0.15, 0.2) is 47.4 Å². The van der Waals surface area contributed by atoms with Crippen molar-refractivity contribution >= 4 is 9.84 Å². The molecule has 2 aromatic carbocycles. The van der Waals surface area contributed by atoms with Gasteiger partial charge in [0.05, 0.1) is 10.6 Å². The SMILES string of the molecule is O=S(=O)(Cc1c(F)cccc1F)c1cccc(F)c1. The van der Waals surface area contributed by atoms with Gasteiger partial charge in [0, 0.05) is 5.56 Å². The summed E-state index contributed by atoms with van der Waals surface area (Å²) in [5, 5.41) is 0. The van der Waals surface area contributed by atoms with E-state index in [9.17, 15) is 21.6 Å². The summed E-state index contributed by atoms with van der Waals surface area (Å²) in [5.74, 6) is -3.47. The Morgan fingerprint density at radius 1 is 0.895 bits per heavy atom. The van der Waals surface area contributed by atoms with E-state index in [-0.39, 0.29) is 4.90 Å². The number of sulfone groups is 1. The monoisotopic (exact) mass is 286 g/mol. The minimum absolute atomic E-state index is 0.310. The van der Waals surface area contributed by atoms with Crippen molar-refractivity contribution in [2.45, 2.75) is 10.6 Å². The van der Waals surface area contributed by atoms with Crippen molar-refractivity contribution in [2.24, 2.45) is 0 Å². The lowest BCUT2D eigenvalue weighted by molar-refractivity contribution is 0.555. The van der Waals surface area contributed by atoms with Crippen LogP contribution < -0.4 is 0 Å². The van der Waals surface area contributed by atoms with E-state index < -0.39 is 38.6 Å². The quantitative estimate of drug-likeness (QED) is 0.869. The van der Waals surface area contributed by atoms with E-state index >= 15 is 0 Å². The van der Waals surface area contributed by atoms with Crippen LogP contribution in [-0.4, -0.2) is 8.42 Å². The smallest absolute Gasteiger partial charge is 0.182 e. The van der Waals surface area contributed by atoms with Gasteiger partial charge in [-0.2, -0.15) is 0 Å². The Kier molecular flexibility index (Phi) is 3.61. The summed E-state index contributed by atoms with van der Waals surface area (Å²) in [6.07, 6.45) is 0. The summed E-state index contributed by atoms with van der Waals surface area (Å²) in [4.78, 5) is -0.310. The first-order chi connectivity index (χ1) is 8.90. The lowest BCUT2D eigenvalue weighted by Crippen LogP contribution is -2.08. The van der Waals surface area contributed by atoms with E-state index in [0.29, 0.717) is 0 Å². The molecule has 0 aromatic heterocycles. The third kappa shape index (κ3) is 2.96. The topological polar surface area (TPSA) is 34.1 Å². The van der Waals surface area contributed by atoms with Crippen LogP contribution in [0.2, 0.25) is 0 Å². The second-order valence-electron chi connectivity index (χ2n) is 3.92. The fourth-order valence-corrected chi connectivity index (χ4v) is 3.00. The van der Waals surface area contributed by atoms with Crippen molar-refractivity contribution in [3.05, 3.63) is 65.5 Å². The van der Waals surface area contributed by atoms with Gasteiger partial charge in [-0.25, -0.2) is 21.6 Å². The fourth-order valence-electron chi connectivity index (χ4n) is 1.60. The largest absolute Gasteiger partial charge is 0.223 e. The summed E-state index contributed by atoms with van der Waals surface area (Å²) in [7, 11) is -4.00. The first kappa shape index (κ1) is 13.6. The van der Waals surface area contributed by atoms with Gasteiger partial charge in [-0.05, 0) is 30.3 Å². The van der Waals surface area contributed by atoms with Gasteiger partial charge >= 0.3 is 0 Å². The van der Waals surface area contributed by atoms with Crippen molar-refractivity contribution in [2.75, 3.05) is 0 Å². The van der Waals surface area contributed by atoms with Gasteiger partial charge in [0.2, 0.25) is 0 Å². The Balaban J connectivity index is 2.42. The highest BCUT2D eigenvalue weighted by Gasteiger charge is 2.20. The first-order valence-electron chi connectivity index (χ1n) is 5.31. The molecule has 2 aromatic rings. The molecule has 2 nitrogen and oxygen atoms in total. The molecule has 0 aliphatic rings. The number of hydrogen-bond donors (Lipinski definition) is 0. The maximum absolute atomic E-state index is 13.4. The standard InChI is InChI=1S/C13H9F3O2S/c14-9-3-1-4-10(7-9)19(17,18)8-11-12(15)5-2-6-13(11)16/h1-7H,8H2. The van der Waals surface area contributed by atoms with Gasteiger partial charge in [-0.15, -0.1) is 0 Å². The highest BCUT2D eigenvalue weighted by Crippen LogP contribution is 2.21. The molecule has 0 saturated heterocycles. The average molecular weight is 286 g/mol. The highest BCUT2D eigenvalue weighted by molar-refractivity contribution is 7.90. The van der Waals surface area contributed by atoms with Crippen molar-refractivity contribution in [3.8, 4) is 0 Å². The zero-order valence-electron chi connectivity index (χ0n) is 9.61. The van der Waals surface area contributed by atoms with Gasteiger partial charge in [-0.1, -0.05) is 12.1 Å².